The Morgan fingerprint density at radius 1 is 1.11 bits per heavy atom. The molecule has 0 aliphatic carbocycles. The number of carbonyl (C=O) groups is 1. The van der Waals surface area contributed by atoms with Crippen LogP contribution in [0.4, 0.5) is 4.39 Å². The molecule has 0 saturated carbocycles. The lowest BCUT2D eigenvalue weighted by atomic mass is 10.1. The number of thioether (sulfide) groups is 1. The molecule has 4 rings (SSSR count). The van der Waals surface area contributed by atoms with E-state index in [1.54, 1.807) is 30.3 Å². The predicted molar refractivity (Wildman–Crippen MR) is 154 cm³/mol. The van der Waals surface area contributed by atoms with Crippen molar-refractivity contribution >= 4 is 55.7 Å². The number of ether oxygens (including phenoxy) is 2. The third-order valence-corrected chi connectivity index (χ3v) is 7.49. The van der Waals surface area contributed by atoms with Gasteiger partial charge in [0.05, 0.1) is 16.7 Å². The number of unbranched alkanes of at least 4 members (excludes halogenated alkanes) is 4. The summed E-state index contributed by atoms with van der Waals surface area (Å²) in [5.41, 5.74) is 1.61. The Labute approximate surface area is 234 Å². The SMILES string of the molecule is CCCCCCCC1=NN2C(=N)/C(=C\c3cc(Br)c(OCc4ccc(F)cc4)c(OCC)c3)C(=O)N=C2S1. The van der Waals surface area contributed by atoms with Crippen molar-refractivity contribution in [3.63, 3.8) is 0 Å². The molecule has 7 nitrogen and oxygen atoms in total. The van der Waals surface area contributed by atoms with Crippen LogP contribution < -0.4 is 9.47 Å². The molecule has 1 amide bonds. The fourth-order valence-electron chi connectivity index (χ4n) is 3.99. The third kappa shape index (κ3) is 6.91. The molecule has 2 aromatic rings. The standard InChI is InChI=1S/C28H30BrFN4O3S/c1-3-5-6-7-8-9-24-33-34-26(31)21(27(35)32-28(34)38-24)14-19-15-22(29)25(23(16-19)36-4-2)37-17-18-10-12-20(30)13-11-18/h10-16,31H,3-9,17H2,1-2H3/b21-14+,31-26?. The minimum absolute atomic E-state index is 0.000739. The van der Waals surface area contributed by atoms with Gasteiger partial charge in [-0.1, -0.05) is 44.7 Å². The Hall–Kier alpha value is -2.98. The number of aliphatic imine (C=N–C) groups is 1. The van der Waals surface area contributed by atoms with Crippen LogP contribution in [-0.2, 0) is 11.4 Å². The molecule has 1 N–H and O–H groups in total. The van der Waals surface area contributed by atoms with Gasteiger partial charge in [-0.25, -0.2) is 4.39 Å². The molecule has 38 heavy (non-hydrogen) atoms. The number of rotatable bonds is 12. The second-order valence-electron chi connectivity index (χ2n) is 8.86. The average Bonchev–Trinajstić information content (AvgIpc) is 3.30. The van der Waals surface area contributed by atoms with E-state index in [4.69, 9.17) is 14.9 Å². The molecule has 200 valence electrons. The van der Waals surface area contributed by atoms with Crippen molar-refractivity contribution < 1.29 is 18.7 Å². The fourth-order valence-corrected chi connectivity index (χ4v) is 5.49. The van der Waals surface area contributed by atoms with E-state index in [9.17, 15) is 9.18 Å². The topological polar surface area (TPSA) is 87.3 Å². The maximum Gasteiger partial charge on any atom is 0.283 e. The summed E-state index contributed by atoms with van der Waals surface area (Å²) in [6, 6.07) is 9.64. The van der Waals surface area contributed by atoms with Crippen molar-refractivity contribution in [3.05, 3.63) is 63.4 Å². The minimum atomic E-state index is -0.473. The first kappa shape index (κ1) is 28.0. The summed E-state index contributed by atoms with van der Waals surface area (Å²) in [7, 11) is 0. The number of hydrazone groups is 1. The second kappa shape index (κ2) is 13.2. The molecule has 2 aliphatic rings. The highest BCUT2D eigenvalue weighted by molar-refractivity contribution is 9.10. The van der Waals surface area contributed by atoms with Gasteiger partial charge < -0.3 is 9.47 Å². The van der Waals surface area contributed by atoms with Gasteiger partial charge in [-0.2, -0.15) is 15.1 Å². The van der Waals surface area contributed by atoms with Crippen LogP contribution in [-0.4, -0.2) is 33.6 Å². The first-order chi connectivity index (χ1) is 18.4. The number of carbonyl (C=O) groups excluding carboxylic acids is 1. The molecule has 0 atom stereocenters. The van der Waals surface area contributed by atoms with E-state index in [-0.39, 0.29) is 23.8 Å². The van der Waals surface area contributed by atoms with Crippen molar-refractivity contribution in [2.45, 2.75) is 59.0 Å². The van der Waals surface area contributed by atoms with Crippen LogP contribution in [0.3, 0.4) is 0 Å². The number of nitrogens with zero attached hydrogens (tertiary/aromatic N) is 3. The lowest BCUT2D eigenvalue weighted by Crippen LogP contribution is -2.35. The summed E-state index contributed by atoms with van der Waals surface area (Å²) < 4.78 is 25.6. The monoisotopic (exact) mass is 600 g/mol. The van der Waals surface area contributed by atoms with E-state index < -0.39 is 5.91 Å². The van der Waals surface area contributed by atoms with Crippen LogP contribution >= 0.6 is 27.7 Å². The molecule has 0 bridgehead atoms. The van der Waals surface area contributed by atoms with Crippen molar-refractivity contribution in [2.24, 2.45) is 10.1 Å². The molecule has 2 aromatic carbocycles. The van der Waals surface area contributed by atoms with Gasteiger partial charge in [0, 0.05) is 0 Å². The molecule has 2 aliphatic heterocycles. The number of amides is 1. The lowest BCUT2D eigenvalue weighted by molar-refractivity contribution is -0.114. The van der Waals surface area contributed by atoms with Crippen LogP contribution in [0.25, 0.3) is 6.08 Å². The van der Waals surface area contributed by atoms with E-state index in [0.29, 0.717) is 33.3 Å². The summed E-state index contributed by atoms with van der Waals surface area (Å²) in [5.74, 6) is 0.194. The van der Waals surface area contributed by atoms with E-state index in [0.717, 1.165) is 29.9 Å². The molecule has 2 heterocycles. The highest BCUT2D eigenvalue weighted by Crippen LogP contribution is 2.39. The molecule has 0 saturated heterocycles. The fraction of sp³-hybridized carbons (Fsp3) is 0.357. The summed E-state index contributed by atoms with van der Waals surface area (Å²) in [4.78, 5) is 17.1. The van der Waals surface area contributed by atoms with Crippen LogP contribution in [0.2, 0.25) is 0 Å². The van der Waals surface area contributed by atoms with Gasteiger partial charge >= 0.3 is 0 Å². The van der Waals surface area contributed by atoms with Gasteiger partial charge in [0.1, 0.15) is 17.5 Å². The molecule has 10 heteroatoms. The molecule has 0 fully saturated rings. The molecule has 0 radical (unpaired) electrons. The smallest absolute Gasteiger partial charge is 0.283 e. The van der Waals surface area contributed by atoms with Gasteiger partial charge in [-0.15, -0.1) is 0 Å². The number of hydrogen-bond donors (Lipinski definition) is 1. The summed E-state index contributed by atoms with van der Waals surface area (Å²) in [6.07, 6.45) is 8.23. The van der Waals surface area contributed by atoms with Gasteiger partial charge in [0.2, 0.25) is 5.17 Å². The zero-order valence-electron chi connectivity index (χ0n) is 21.4. The Balaban J connectivity index is 1.51. The van der Waals surface area contributed by atoms with E-state index in [1.807, 2.05) is 6.92 Å². The highest BCUT2D eigenvalue weighted by atomic mass is 79.9. The molecular weight excluding hydrogens is 571 g/mol. The summed E-state index contributed by atoms with van der Waals surface area (Å²) in [5, 5.41) is 16.0. The number of hydrogen-bond acceptors (Lipinski definition) is 6. The van der Waals surface area contributed by atoms with Crippen molar-refractivity contribution in [1.82, 2.24) is 5.01 Å². The van der Waals surface area contributed by atoms with E-state index in [1.165, 1.54) is 48.2 Å². The zero-order chi connectivity index (χ0) is 27.1. The second-order valence-corrected chi connectivity index (χ2v) is 10.8. The molecule has 0 aromatic heterocycles. The zero-order valence-corrected chi connectivity index (χ0v) is 23.8. The van der Waals surface area contributed by atoms with Crippen LogP contribution in [0.1, 0.15) is 63.5 Å². The van der Waals surface area contributed by atoms with Crippen molar-refractivity contribution in [1.29, 1.82) is 5.41 Å². The van der Waals surface area contributed by atoms with Gasteiger partial charge in [-0.05, 0) is 88.9 Å². The number of fused-ring (bicyclic) bond motifs is 1. The number of halogens is 2. The number of benzene rings is 2. The molecule has 0 unspecified atom stereocenters. The summed E-state index contributed by atoms with van der Waals surface area (Å²) >= 11 is 4.91. The minimum Gasteiger partial charge on any atom is -0.490 e. The van der Waals surface area contributed by atoms with Crippen LogP contribution in [0, 0.1) is 11.2 Å². The third-order valence-electron chi connectivity index (χ3n) is 5.93. The average molecular weight is 602 g/mol. The highest BCUT2D eigenvalue weighted by Gasteiger charge is 2.35. The van der Waals surface area contributed by atoms with E-state index >= 15 is 0 Å². The van der Waals surface area contributed by atoms with Gasteiger partial charge in [0.15, 0.2) is 17.3 Å². The predicted octanol–water partition coefficient (Wildman–Crippen LogP) is 7.55. The largest absolute Gasteiger partial charge is 0.490 e. The van der Waals surface area contributed by atoms with Crippen LogP contribution in [0.5, 0.6) is 11.5 Å². The maximum atomic E-state index is 13.2. The number of amidine groups is 2. The summed E-state index contributed by atoms with van der Waals surface area (Å²) in [6.45, 7) is 4.69. The quantitative estimate of drug-likeness (QED) is 0.201. The molecule has 0 spiro atoms. The first-order valence-electron chi connectivity index (χ1n) is 12.7. The van der Waals surface area contributed by atoms with Gasteiger partial charge in [-0.3, -0.25) is 10.2 Å². The Morgan fingerprint density at radius 3 is 2.61 bits per heavy atom. The normalized spacial score (nSPS) is 16.0. The first-order valence-corrected chi connectivity index (χ1v) is 14.3. The van der Waals surface area contributed by atoms with Crippen molar-refractivity contribution in [2.75, 3.05) is 6.61 Å². The Kier molecular flexibility index (Phi) is 9.74. The lowest BCUT2D eigenvalue weighted by Gasteiger charge is -2.20. The molecular formula is C28H30BrFN4O3S. The number of nitrogens with one attached hydrogen (secondary N) is 1. The Bertz CT molecular complexity index is 1290. The Morgan fingerprint density at radius 2 is 1.87 bits per heavy atom. The maximum absolute atomic E-state index is 13.2. The van der Waals surface area contributed by atoms with Crippen molar-refractivity contribution in [3.8, 4) is 11.5 Å². The van der Waals surface area contributed by atoms with E-state index in [2.05, 4.69) is 32.9 Å². The van der Waals surface area contributed by atoms with Crippen LogP contribution in [0.15, 0.2) is 56.5 Å². The van der Waals surface area contributed by atoms with Gasteiger partial charge in [0.25, 0.3) is 5.91 Å².